The zero-order valence-electron chi connectivity index (χ0n) is 16.4. The molecule has 1 amide bonds. The molecule has 6 nitrogen and oxygen atoms in total. The Balaban J connectivity index is 1.98. The van der Waals surface area contributed by atoms with Crippen LogP contribution in [0.1, 0.15) is 39.3 Å². The predicted molar refractivity (Wildman–Crippen MR) is 112 cm³/mol. The van der Waals surface area contributed by atoms with Crippen molar-refractivity contribution in [2.24, 2.45) is 0 Å². The van der Waals surface area contributed by atoms with Gasteiger partial charge in [-0.1, -0.05) is 23.7 Å². The quantitative estimate of drug-likeness (QED) is 0.608. The Kier molecular flexibility index (Phi) is 7.60. The van der Waals surface area contributed by atoms with E-state index >= 15 is 0 Å². The number of hydrogen-bond acceptors (Lipinski definition) is 3. The molecule has 0 aliphatic heterocycles. The maximum Gasteiger partial charge on any atom is 0.282 e. The molecular formula is C20H27ClN3O3S+. The van der Waals surface area contributed by atoms with Crippen molar-refractivity contribution >= 4 is 33.2 Å². The van der Waals surface area contributed by atoms with Gasteiger partial charge in [0.1, 0.15) is 6.04 Å². The van der Waals surface area contributed by atoms with Gasteiger partial charge >= 0.3 is 0 Å². The fourth-order valence-corrected chi connectivity index (χ4v) is 4.22. The van der Waals surface area contributed by atoms with Crippen molar-refractivity contribution in [3.63, 3.8) is 0 Å². The zero-order valence-corrected chi connectivity index (χ0v) is 18.0. The van der Waals surface area contributed by atoms with Crippen molar-refractivity contribution in [3.8, 4) is 0 Å². The van der Waals surface area contributed by atoms with E-state index in [2.05, 4.69) is 10.0 Å². The van der Waals surface area contributed by atoms with Crippen molar-refractivity contribution < 1.29 is 18.5 Å². The van der Waals surface area contributed by atoms with E-state index in [4.69, 9.17) is 11.6 Å². The van der Waals surface area contributed by atoms with Gasteiger partial charge in [-0.3, -0.25) is 4.79 Å². The van der Waals surface area contributed by atoms with Gasteiger partial charge in [-0.05, 0) is 64.1 Å². The van der Waals surface area contributed by atoms with E-state index in [9.17, 15) is 13.2 Å². The normalized spacial score (nSPS) is 13.9. The largest absolute Gasteiger partial charge is 0.330 e. The van der Waals surface area contributed by atoms with Gasteiger partial charge in [0.25, 0.3) is 5.91 Å². The standard InChI is InChI=1S/C20H26ClN3O3S/c1-13(2)24-28(26,27)19-10-8-18(9-11-19)23-20(25)15(4)22-14(3)16-6-5-7-17(21)12-16/h5-15,22,24H,1-4H3,(H,23,25)/p+1/t14-,15+/m1/s1. The number of carbonyl (C=O) groups excluding carboxylic acids is 1. The van der Waals surface area contributed by atoms with Crippen LogP contribution < -0.4 is 15.4 Å². The number of quaternary nitrogens is 1. The molecule has 152 valence electrons. The summed E-state index contributed by atoms with van der Waals surface area (Å²) < 4.78 is 26.8. The number of anilines is 1. The van der Waals surface area contributed by atoms with E-state index in [0.29, 0.717) is 10.7 Å². The number of benzene rings is 2. The fourth-order valence-electron chi connectivity index (χ4n) is 2.77. The molecule has 0 spiro atoms. The highest BCUT2D eigenvalue weighted by molar-refractivity contribution is 7.89. The van der Waals surface area contributed by atoms with Crippen LogP contribution in [0.5, 0.6) is 0 Å². The summed E-state index contributed by atoms with van der Waals surface area (Å²) in [7, 11) is -3.55. The summed E-state index contributed by atoms with van der Waals surface area (Å²) in [5, 5.41) is 5.43. The Morgan fingerprint density at radius 3 is 2.25 bits per heavy atom. The third kappa shape index (κ3) is 6.31. The lowest BCUT2D eigenvalue weighted by atomic mass is 10.1. The minimum absolute atomic E-state index is 0.0640. The zero-order chi connectivity index (χ0) is 20.9. The van der Waals surface area contributed by atoms with Crippen molar-refractivity contribution in [1.82, 2.24) is 4.72 Å². The molecule has 2 aromatic carbocycles. The van der Waals surface area contributed by atoms with E-state index in [1.807, 2.05) is 43.4 Å². The number of rotatable bonds is 8. The molecular weight excluding hydrogens is 398 g/mol. The van der Waals surface area contributed by atoms with E-state index in [0.717, 1.165) is 5.56 Å². The summed E-state index contributed by atoms with van der Waals surface area (Å²) in [5.41, 5.74) is 1.59. The first-order chi connectivity index (χ1) is 13.1. The average Bonchev–Trinajstić information content (AvgIpc) is 2.61. The minimum atomic E-state index is -3.55. The first-order valence-corrected chi connectivity index (χ1v) is 11.0. The monoisotopic (exact) mass is 424 g/mol. The van der Waals surface area contributed by atoms with Gasteiger partial charge in [-0.25, -0.2) is 13.1 Å². The molecule has 28 heavy (non-hydrogen) atoms. The van der Waals surface area contributed by atoms with Gasteiger partial charge in [0.15, 0.2) is 6.04 Å². The summed E-state index contributed by atoms with van der Waals surface area (Å²) in [6.07, 6.45) is 0. The van der Waals surface area contributed by atoms with Crippen LogP contribution in [-0.2, 0) is 14.8 Å². The first kappa shape index (κ1) is 22.4. The molecule has 2 rings (SSSR count). The SMILES string of the molecule is CC(C)NS(=O)(=O)c1ccc(NC(=O)[C@H](C)[NH2+][C@H](C)c2cccc(Cl)c2)cc1. The van der Waals surface area contributed by atoms with Crippen LogP contribution in [0.25, 0.3) is 0 Å². The Hall–Kier alpha value is -1.93. The van der Waals surface area contributed by atoms with Crippen LogP contribution in [0.15, 0.2) is 53.4 Å². The first-order valence-electron chi connectivity index (χ1n) is 9.12. The molecule has 0 unspecified atom stereocenters. The molecule has 0 bridgehead atoms. The third-order valence-electron chi connectivity index (χ3n) is 4.19. The molecule has 0 fully saturated rings. The molecule has 0 radical (unpaired) electrons. The number of carbonyl (C=O) groups is 1. The molecule has 2 aromatic rings. The second-order valence-electron chi connectivity index (χ2n) is 7.11. The number of halogens is 1. The van der Waals surface area contributed by atoms with Crippen molar-refractivity contribution in [2.45, 2.75) is 50.7 Å². The van der Waals surface area contributed by atoms with Crippen LogP contribution in [0, 0.1) is 0 Å². The van der Waals surface area contributed by atoms with E-state index < -0.39 is 10.0 Å². The van der Waals surface area contributed by atoms with Crippen molar-refractivity contribution in [3.05, 3.63) is 59.1 Å². The van der Waals surface area contributed by atoms with E-state index in [1.165, 1.54) is 12.1 Å². The third-order valence-corrected chi connectivity index (χ3v) is 6.10. The molecule has 0 saturated carbocycles. The molecule has 0 aliphatic rings. The topological polar surface area (TPSA) is 91.9 Å². The molecule has 0 aromatic heterocycles. The summed E-state index contributed by atoms with van der Waals surface area (Å²) in [4.78, 5) is 12.6. The highest BCUT2D eigenvalue weighted by Crippen LogP contribution is 2.16. The summed E-state index contributed by atoms with van der Waals surface area (Å²) >= 11 is 6.03. The summed E-state index contributed by atoms with van der Waals surface area (Å²) in [5.74, 6) is -0.162. The Labute approximate surface area is 171 Å². The average molecular weight is 425 g/mol. The molecule has 0 saturated heterocycles. The Morgan fingerprint density at radius 1 is 1.04 bits per heavy atom. The number of amides is 1. The number of nitrogens with one attached hydrogen (secondary N) is 2. The summed E-state index contributed by atoms with van der Waals surface area (Å²) in [6, 6.07) is 13.2. The lowest BCUT2D eigenvalue weighted by molar-refractivity contribution is -0.709. The highest BCUT2D eigenvalue weighted by atomic mass is 35.5. The lowest BCUT2D eigenvalue weighted by Gasteiger charge is -2.17. The predicted octanol–water partition coefficient (Wildman–Crippen LogP) is 2.68. The van der Waals surface area contributed by atoms with Crippen LogP contribution >= 0.6 is 11.6 Å². The van der Waals surface area contributed by atoms with Crippen molar-refractivity contribution in [1.29, 1.82) is 0 Å². The maximum atomic E-state index is 12.5. The maximum absolute atomic E-state index is 12.5. The molecule has 8 heteroatoms. The lowest BCUT2D eigenvalue weighted by Crippen LogP contribution is -2.91. The van der Waals surface area contributed by atoms with Gasteiger partial charge in [-0.15, -0.1) is 0 Å². The van der Waals surface area contributed by atoms with Gasteiger partial charge in [-0.2, -0.15) is 0 Å². The van der Waals surface area contributed by atoms with Gasteiger partial charge in [0.2, 0.25) is 10.0 Å². The van der Waals surface area contributed by atoms with Crippen LogP contribution in [0.3, 0.4) is 0 Å². The number of hydrogen-bond donors (Lipinski definition) is 3. The second kappa shape index (κ2) is 9.52. The van der Waals surface area contributed by atoms with Gasteiger partial charge < -0.3 is 10.6 Å². The van der Waals surface area contributed by atoms with Crippen LogP contribution in [0.4, 0.5) is 5.69 Å². The molecule has 4 N–H and O–H groups in total. The van der Waals surface area contributed by atoms with Gasteiger partial charge in [0.05, 0.1) is 4.90 Å². The highest BCUT2D eigenvalue weighted by Gasteiger charge is 2.21. The smallest absolute Gasteiger partial charge is 0.282 e. The molecule has 2 atom stereocenters. The van der Waals surface area contributed by atoms with E-state index in [-0.39, 0.29) is 28.9 Å². The Morgan fingerprint density at radius 2 is 1.68 bits per heavy atom. The van der Waals surface area contributed by atoms with Crippen LogP contribution in [-0.4, -0.2) is 26.4 Å². The van der Waals surface area contributed by atoms with Crippen molar-refractivity contribution in [2.75, 3.05) is 5.32 Å². The molecule has 0 heterocycles. The second-order valence-corrected chi connectivity index (χ2v) is 9.26. The Bertz CT molecular complexity index is 915. The fraction of sp³-hybridized carbons (Fsp3) is 0.350. The minimum Gasteiger partial charge on any atom is -0.330 e. The van der Waals surface area contributed by atoms with Crippen LogP contribution in [0.2, 0.25) is 5.02 Å². The van der Waals surface area contributed by atoms with E-state index in [1.54, 1.807) is 26.0 Å². The molecule has 0 aliphatic carbocycles. The number of sulfonamides is 1. The summed E-state index contributed by atoms with van der Waals surface area (Å²) in [6.45, 7) is 7.35. The number of nitrogens with two attached hydrogens (primary N) is 1. The van der Waals surface area contributed by atoms with Gasteiger partial charge in [0, 0.05) is 22.3 Å².